The highest BCUT2D eigenvalue weighted by Gasteiger charge is 2.31. The van der Waals surface area contributed by atoms with Crippen LogP contribution in [0.25, 0.3) is 21.9 Å². The number of sulfonamides is 1. The molecule has 1 aromatic heterocycles. The van der Waals surface area contributed by atoms with E-state index >= 15 is 0 Å². The standard InChI is InChI=1S/C25H26N2O4S/c1-5-22(27(32(4,29)30)19-12-10-16(2)17(3)14-19)25(28)26-18-11-13-21-20-8-6-7-9-23(20)31-24(21)15-18/h6-15,22H,5H2,1-4H3,(H,26,28)/t22-/m1/s1. The molecule has 1 amide bonds. The van der Waals surface area contributed by atoms with Crippen LogP contribution in [-0.4, -0.2) is 26.6 Å². The summed E-state index contributed by atoms with van der Waals surface area (Å²) in [5.41, 5.74) is 4.47. The van der Waals surface area contributed by atoms with E-state index in [1.165, 1.54) is 4.31 Å². The monoisotopic (exact) mass is 450 g/mol. The highest BCUT2D eigenvalue weighted by Crippen LogP contribution is 2.31. The molecule has 0 aliphatic carbocycles. The number of aryl methyl sites for hydroxylation is 2. The fourth-order valence-corrected chi connectivity index (χ4v) is 5.16. The third-order valence-electron chi connectivity index (χ3n) is 5.72. The van der Waals surface area contributed by atoms with Gasteiger partial charge in [-0.25, -0.2) is 8.42 Å². The molecule has 4 aromatic rings. The van der Waals surface area contributed by atoms with Crippen molar-refractivity contribution >= 4 is 49.2 Å². The van der Waals surface area contributed by atoms with E-state index in [-0.39, 0.29) is 0 Å². The molecule has 0 saturated heterocycles. The molecular formula is C25H26N2O4S. The van der Waals surface area contributed by atoms with Gasteiger partial charge in [0.05, 0.1) is 11.9 Å². The number of carbonyl (C=O) groups excluding carboxylic acids is 1. The normalized spacial score (nSPS) is 12.8. The molecule has 6 nitrogen and oxygen atoms in total. The van der Waals surface area contributed by atoms with E-state index in [0.29, 0.717) is 23.4 Å². The number of benzene rings is 3. The van der Waals surface area contributed by atoms with Crippen molar-refractivity contribution in [2.75, 3.05) is 15.9 Å². The second-order valence-corrected chi connectivity index (χ2v) is 9.91. The van der Waals surface area contributed by atoms with Crippen molar-refractivity contribution in [2.24, 2.45) is 0 Å². The van der Waals surface area contributed by atoms with E-state index in [4.69, 9.17) is 4.42 Å². The van der Waals surface area contributed by atoms with Crippen LogP contribution in [0.15, 0.2) is 65.1 Å². The summed E-state index contributed by atoms with van der Waals surface area (Å²) in [5, 5.41) is 4.83. The SMILES string of the molecule is CC[C@H](C(=O)Nc1ccc2c(c1)oc1ccccc12)N(c1ccc(C)c(C)c1)S(C)(=O)=O. The number of rotatable bonds is 6. The van der Waals surface area contributed by atoms with Gasteiger partial charge in [0.1, 0.15) is 17.2 Å². The molecule has 1 heterocycles. The Morgan fingerprint density at radius 3 is 2.38 bits per heavy atom. The van der Waals surface area contributed by atoms with Crippen LogP contribution in [0.5, 0.6) is 0 Å². The van der Waals surface area contributed by atoms with E-state index in [2.05, 4.69) is 5.32 Å². The molecule has 0 radical (unpaired) electrons. The van der Waals surface area contributed by atoms with E-state index < -0.39 is 22.0 Å². The lowest BCUT2D eigenvalue weighted by atomic mass is 10.1. The van der Waals surface area contributed by atoms with Gasteiger partial charge in [-0.3, -0.25) is 9.10 Å². The van der Waals surface area contributed by atoms with E-state index in [9.17, 15) is 13.2 Å². The molecule has 1 atom stereocenters. The maximum Gasteiger partial charge on any atom is 0.248 e. The summed E-state index contributed by atoms with van der Waals surface area (Å²) >= 11 is 0. The molecular weight excluding hydrogens is 424 g/mol. The molecule has 4 rings (SSSR count). The Labute approximate surface area is 187 Å². The van der Waals surface area contributed by atoms with Gasteiger partial charge in [-0.15, -0.1) is 0 Å². The predicted molar refractivity (Wildman–Crippen MR) is 130 cm³/mol. The quantitative estimate of drug-likeness (QED) is 0.427. The topological polar surface area (TPSA) is 79.6 Å². The van der Waals surface area contributed by atoms with Crippen LogP contribution in [0.1, 0.15) is 24.5 Å². The van der Waals surface area contributed by atoms with Crippen LogP contribution < -0.4 is 9.62 Å². The number of nitrogens with zero attached hydrogens (tertiary/aromatic N) is 1. The summed E-state index contributed by atoms with van der Waals surface area (Å²) < 4.78 is 32.5. The van der Waals surface area contributed by atoms with Gasteiger partial charge in [-0.2, -0.15) is 0 Å². The Balaban J connectivity index is 1.67. The molecule has 1 N–H and O–H groups in total. The van der Waals surface area contributed by atoms with Crippen molar-refractivity contribution in [3.8, 4) is 0 Å². The summed E-state index contributed by atoms with van der Waals surface area (Å²) in [5.74, 6) is -0.397. The lowest BCUT2D eigenvalue weighted by molar-refractivity contribution is -0.117. The zero-order valence-corrected chi connectivity index (χ0v) is 19.4. The molecule has 0 aliphatic rings. The summed E-state index contributed by atoms with van der Waals surface area (Å²) in [6.07, 6.45) is 1.44. The lowest BCUT2D eigenvalue weighted by Crippen LogP contribution is -2.47. The molecule has 3 aromatic carbocycles. The third kappa shape index (κ3) is 4.08. The van der Waals surface area contributed by atoms with Crippen molar-refractivity contribution in [2.45, 2.75) is 33.2 Å². The number of furan rings is 1. The van der Waals surface area contributed by atoms with Gasteiger partial charge in [0.15, 0.2) is 0 Å². The number of hydrogen-bond donors (Lipinski definition) is 1. The number of para-hydroxylation sites is 1. The largest absolute Gasteiger partial charge is 0.456 e. The Morgan fingerprint density at radius 2 is 1.69 bits per heavy atom. The number of hydrogen-bond acceptors (Lipinski definition) is 4. The van der Waals surface area contributed by atoms with Crippen LogP contribution in [-0.2, 0) is 14.8 Å². The van der Waals surface area contributed by atoms with Gasteiger partial charge in [-0.05, 0) is 61.7 Å². The molecule has 0 aliphatic heterocycles. The van der Waals surface area contributed by atoms with E-state index in [1.807, 2.05) is 50.2 Å². The van der Waals surface area contributed by atoms with Gasteiger partial charge in [0, 0.05) is 22.5 Å². The van der Waals surface area contributed by atoms with Crippen molar-refractivity contribution in [1.82, 2.24) is 0 Å². The smallest absolute Gasteiger partial charge is 0.248 e. The maximum absolute atomic E-state index is 13.2. The first-order valence-electron chi connectivity index (χ1n) is 10.5. The minimum absolute atomic E-state index is 0.318. The molecule has 7 heteroatoms. The summed E-state index contributed by atoms with van der Waals surface area (Å²) in [6.45, 7) is 5.68. The first-order chi connectivity index (χ1) is 15.2. The second-order valence-electron chi connectivity index (χ2n) is 8.05. The number of fused-ring (bicyclic) bond motifs is 3. The molecule has 166 valence electrons. The van der Waals surface area contributed by atoms with Crippen LogP contribution in [0.2, 0.25) is 0 Å². The molecule has 0 spiro atoms. The van der Waals surface area contributed by atoms with Crippen LogP contribution in [0, 0.1) is 13.8 Å². The number of nitrogens with one attached hydrogen (secondary N) is 1. The minimum Gasteiger partial charge on any atom is -0.456 e. The number of amides is 1. The molecule has 0 unspecified atom stereocenters. The van der Waals surface area contributed by atoms with Crippen LogP contribution in [0.3, 0.4) is 0 Å². The third-order valence-corrected chi connectivity index (χ3v) is 6.90. The first kappa shape index (κ1) is 21.9. The van der Waals surface area contributed by atoms with E-state index in [1.54, 1.807) is 31.2 Å². The zero-order valence-electron chi connectivity index (χ0n) is 18.5. The highest BCUT2D eigenvalue weighted by molar-refractivity contribution is 7.92. The van der Waals surface area contributed by atoms with Crippen molar-refractivity contribution < 1.29 is 17.6 Å². The predicted octanol–water partition coefficient (Wildman–Crippen LogP) is 5.39. The first-order valence-corrected chi connectivity index (χ1v) is 12.3. The Morgan fingerprint density at radius 1 is 0.969 bits per heavy atom. The van der Waals surface area contributed by atoms with Gasteiger partial charge in [0.2, 0.25) is 15.9 Å². The molecule has 0 fully saturated rings. The van der Waals surface area contributed by atoms with Crippen molar-refractivity contribution in [1.29, 1.82) is 0 Å². The van der Waals surface area contributed by atoms with Gasteiger partial charge in [0.25, 0.3) is 0 Å². The number of carbonyl (C=O) groups is 1. The van der Waals surface area contributed by atoms with Crippen LogP contribution in [0.4, 0.5) is 11.4 Å². The average Bonchev–Trinajstić information content (AvgIpc) is 3.10. The van der Waals surface area contributed by atoms with Crippen LogP contribution >= 0.6 is 0 Å². The van der Waals surface area contributed by atoms with Gasteiger partial charge < -0.3 is 9.73 Å². The van der Waals surface area contributed by atoms with Crippen molar-refractivity contribution in [3.63, 3.8) is 0 Å². The van der Waals surface area contributed by atoms with Gasteiger partial charge >= 0.3 is 0 Å². The Hall–Kier alpha value is -3.32. The Kier molecular flexibility index (Phi) is 5.69. The maximum atomic E-state index is 13.2. The minimum atomic E-state index is -3.69. The second kappa shape index (κ2) is 8.31. The highest BCUT2D eigenvalue weighted by atomic mass is 32.2. The fraction of sp³-hybridized carbons (Fsp3) is 0.240. The summed E-state index contributed by atoms with van der Waals surface area (Å²) in [6, 6.07) is 17.7. The van der Waals surface area contributed by atoms with Gasteiger partial charge in [-0.1, -0.05) is 31.2 Å². The Bertz CT molecular complexity index is 1420. The summed E-state index contributed by atoms with van der Waals surface area (Å²) in [7, 11) is -3.69. The van der Waals surface area contributed by atoms with Crippen molar-refractivity contribution in [3.05, 3.63) is 71.8 Å². The zero-order chi connectivity index (χ0) is 23.0. The average molecular weight is 451 g/mol. The fourth-order valence-electron chi connectivity index (χ4n) is 3.95. The van der Waals surface area contributed by atoms with E-state index in [0.717, 1.165) is 33.7 Å². The summed E-state index contributed by atoms with van der Waals surface area (Å²) in [4.78, 5) is 13.2. The molecule has 32 heavy (non-hydrogen) atoms. The lowest BCUT2D eigenvalue weighted by Gasteiger charge is -2.30. The molecule has 0 saturated carbocycles. The number of anilines is 2. The molecule has 0 bridgehead atoms.